The van der Waals surface area contributed by atoms with E-state index in [-0.39, 0.29) is 41.8 Å². The van der Waals surface area contributed by atoms with Crippen molar-refractivity contribution < 1.29 is 4.39 Å². The maximum absolute atomic E-state index is 13.7. The van der Waals surface area contributed by atoms with Gasteiger partial charge in [0.1, 0.15) is 5.82 Å². The Kier molecular flexibility index (Phi) is 6.98. The molecule has 1 aromatic carbocycles. The Morgan fingerprint density at radius 2 is 2.25 bits per heavy atom. The van der Waals surface area contributed by atoms with Gasteiger partial charge in [0.05, 0.1) is 6.54 Å². The van der Waals surface area contributed by atoms with E-state index in [0.29, 0.717) is 6.54 Å². The number of hydrogen-bond donors (Lipinski definition) is 2. The summed E-state index contributed by atoms with van der Waals surface area (Å²) >= 11 is 0. The summed E-state index contributed by atoms with van der Waals surface area (Å²) < 4.78 is 13.7. The predicted molar refractivity (Wildman–Crippen MR) is 92.3 cm³/mol. The van der Waals surface area contributed by atoms with Crippen LogP contribution < -0.4 is 10.6 Å². The van der Waals surface area contributed by atoms with Crippen LogP contribution in [-0.2, 0) is 0 Å². The number of hydrogen-bond acceptors (Lipinski definition) is 1. The first-order valence-electron chi connectivity index (χ1n) is 6.66. The number of nitrogens with one attached hydrogen (secondary N) is 2. The highest BCUT2D eigenvalue weighted by Crippen LogP contribution is 2.41. The van der Waals surface area contributed by atoms with Crippen LogP contribution in [0.1, 0.15) is 24.8 Å². The van der Waals surface area contributed by atoms with Gasteiger partial charge in [0, 0.05) is 18.5 Å². The van der Waals surface area contributed by atoms with Crippen LogP contribution in [0.2, 0.25) is 0 Å². The molecule has 20 heavy (non-hydrogen) atoms. The average molecular weight is 389 g/mol. The van der Waals surface area contributed by atoms with Crippen molar-refractivity contribution >= 4 is 29.9 Å². The molecule has 1 fully saturated rings. The molecule has 0 radical (unpaired) electrons. The van der Waals surface area contributed by atoms with E-state index in [1.165, 1.54) is 6.07 Å². The molecule has 3 nitrogen and oxygen atoms in total. The molecule has 0 aliphatic heterocycles. The summed E-state index contributed by atoms with van der Waals surface area (Å²) in [6.07, 6.45) is 2.69. The molecule has 1 aromatic rings. The lowest BCUT2D eigenvalue weighted by Gasteiger charge is -2.10. The van der Waals surface area contributed by atoms with Crippen LogP contribution in [0.3, 0.4) is 0 Å². The number of guanidine groups is 1. The number of nitrogens with zero attached hydrogens (tertiary/aromatic N) is 1. The number of benzene rings is 1. The molecule has 0 heterocycles. The van der Waals surface area contributed by atoms with Crippen LogP contribution in [-0.4, -0.2) is 25.1 Å². The maximum atomic E-state index is 13.7. The molecule has 1 saturated carbocycles. The molecule has 0 saturated heterocycles. The van der Waals surface area contributed by atoms with Gasteiger partial charge in [-0.05, 0) is 25.0 Å². The normalized spacial score (nSPS) is 20.8. The van der Waals surface area contributed by atoms with Crippen LogP contribution in [0.4, 0.5) is 4.39 Å². The molecular formula is C15H21FIN3. The van der Waals surface area contributed by atoms with E-state index in [9.17, 15) is 4.39 Å². The molecule has 2 N–H and O–H groups in total. The lowest BCUT2D eigenvalue weighted by atomic mass is 10.1. The van der Waals surface area contributed by atoms with Crippen LogP contribution in [0, 0.1) is 5.82 Å². The molecular weight excluding hydrogens is 368 g/mol. The Balaban J connectivity index is 0.00000200. The van der Waals surface area contributed by atoms with E-state index in [1.807, 2.05) is 19.1 Å². The van der Waals surface area contributed by atoms with E-state index < -0.39 is 0 Å². The molecule has 1 aliphatic rings. The van der Waals surface area contributed by atoms with Crippen LogP contribution in [0.15, 0.2) is 41.9 Å². The van der Waals surface area contributed by atoms with E-state index in [2.05, 4.69) is 22.2 Å². The van der Waals surface area contributed by atoms with Crippen LogP contribution >= 0.6 is 24.0 Å². The largest absolute Gasteiger partial charge is 0.357 e. The summed E-state index contributed by atoms with van der Waals surface area (Å²) in [4.78, 5) is 4.35. The SMILES string of the molecule is C=CCN=C(NCC)NC1CC1c1ccccc1F.I. The predicted octanol–water partition coefficient (Wildman–Crippen LogP) is 3.04. The zero-order valence-electron chi connectivity index (χ0n) is 11.6. The van der Waals surface area contributed by atoms with Crippen molar-refractivity contribution in [2.24, 2.45) is 4.99 Å². The highest BCUT2D eigenvalue weighted by molar-refractivity contribution is 14.0. The van der Waals surface area contributed by atoms with Crippen LogP contribution in [0.25, 0.3) is 0 Å². The summed E-state index contributed by atoms with van der Waals surface area (Å²) in [6, 6.07) is 7.24. The highest BCUT2D eigenvalue weighted by Gasteiger charge is 2.40. The molecule has 0 amide bonds. The quantitative estimate of drug-likeness (QED) is 0.352. The van der Waals surface area contributed by atoms with Crippen molar-refractivity contribution in [1.82, 2.24) is 10.6 Å². The Labute approximate surface area is 136 Å². The Hall–Kier alpha value is -1.11. The van der Waals surface area contributed by atoms with Gasteiger partial charge in [0.25, 0.3) is 0 Å². The number of aliphatic imine (C=N–C) groups is 1. The summed E-state index contributed by atoms with van der Waals surface area (Å²) in [5.41, 5.74) is 0.791. The third kappa shape index (κ3) is 4.47. The molecule has 5 heteroatoms. The lowest BCUT2D eigenvalue weighted by molar-refractivity contribution is 0.608. The second-order valence-corrected chi connectivity index (χ2v) is 4.62. The van der Waals surface area contributed by atoms with E-state index >= 15 is 0 Å². The third-order valence-corrected chi connectivity index (χ3v) is 3.14. The van der Waals surface area contributed by atoms with Gasteiger partial charge in [-0.1, -0.05) is 24.3 Å². The number of rotatable bonds is 5. The van der Waals surface area contributed by atoms with E-state index in [1.54, 1.807) is 12.1 Å². The molecule has 0 bridgehead atoms. The van der Waals surface area contributed by atoms with Crippen molar-refractivity contribution in [1.29, 1.82) is 0 Å². The van der Waals surface area contributed by atoms with Crippen molar-refractivity contribution in [3.05, 3.63) is 48.3 Å². The monoisotopic (exact) mass is 389 g/mol. The third-order valence-electron chi connectivity index (χ3n) is 3.14. The Bertz CT molecular complexity index is 476. The summed E-state index contributed by atoms with van der Waals surface area (Å²) in [5.74, 6) is 0.893. The van der Waals surface area contributed by atoms with Gasteiger partial charge in [-0.2, -0.15) is 0 Å². The zero-order valence-corrected chi connectivity index (χ0v) is 13.9. The fourth-order valence-electron chi connectivity index (χ4n) is 2.13. The molecule has 1 aliphatic carbocycles. The van der Waals surface area contributed by atoms with Gasteiger partial charge in [0.2, 0.25) is 0 Å². The minimum Gasteiger partial charge on any atom is -0.357 e. The van der Waals surface area contributed by atoms with E-state index in [4.69, 9.17) is 0 Å². The van der Waals surface area contributed by atoms with Gasteiger partial charge in [0.15, 0.2) is 5.96 Å². The second kappa shape index (κ2) is 8.24. The van der Waals surface area contributed by atoms with Crippen molar-refractivity contribution in [3.63, 3.8) is 0 Å². The lowest BCUT2D eigenvalue weighted by Crippen LogP contribution is -2.39. The minimum atomic E-state index is -0.121. The first-order chi connectivity index (χ1) is 9.26. The fourth-order valence-corrected chi connectivity index (χ4v) is 2.13. The van der Waals surface area contributed by atoms with E-state index in [0.717, 1.165) is 24.5 Å². The maximum Gasteiger partial charge on any atom is 0.191 e. The molecule has 110 valence electrons. The smallest absolute Gasteiger partial charge is 0.191 e. The molecule has 2 atom stereocenters. The second-order valence-electron chi connectivity index (χ2n) is 4.62. The Morgan fingerprint density at radius 3 is 2.90 bits per heavy atom. The Morgan fingerprint density at radius 1 is 1.50 bits per heavy atom. The van der Waals surface area contributed by atoms with Gasteiger partial charge >= 0.3 is 0 Å². The molecule has 2 unspecified atom stereocenters. The van der Waals surface area contributed by atoms with Gasteiger partial charge in [-0.3, -0.25) is 0 Å². The first kappa shape index (κ1) is 16.9. The van der Waals surface area contributed by atoms with Crippen molar-refractivity contribution in [2.75, 3.05) is 13.1 Å². The minimum absolute atomic E-state index is 0. The first-order valence-corrected chi connectivity index (χ1v) is 6.66. The molecule has 2 rings (SSSR count). The fraction of sp³-hybridized carbons (Fsp3) is 0.400. The average Bonchev–Trinajstić information content (AvgIpc) is 3.16. The van der Waals surface area contributed by atoms with Crippen molar-refractivity contribution in [3.8, 4) is 0 Å². The van der Waals surface area contributed by atoms with Crippen LogP contribution in [0.5, 0.6) is 0 Å². The highest BCUT2D eigenvalue weighted by atomic mass is 127. The van der Waals surface area contributed by atoms with Gasteiger partial charge < -0.3 is 10.6 Å². The van der Waals surface area contributed by atoms with Gasteiger partial charge in [-0.15, -0.1) is 30.6 Å². The summed E-state index contributed by atoms with van der Waals surface area (Å²) in [6.45, 7) is 7.05. The summed E-state index contributed by atoms with van der Waals surface area (Å²) in [7, 11) is 0. The number of halogens is 2. The van der Waals surface area contributed by atoms with Gasteiger partial charge in [-0.25, -0.2) is 9.38 Å². The zero-order chi connectivity index (χ0) is 13.7. The summed E-state index contributed by atoms with van der Waals surface area (Å²) in [5, 5.41) is 6.50. The van der Waals surface area contributed by atoms with Crippen molar-refractivity contribution in [2.45, 2.75) is 25.3 Å². The topological polar surface area (TPSA) is 36.4 Å². The standard InChI is InChI=1S/C15H20FN3.HI/c1-3-9-18-15(17-4-2)19-14-10-12(14)11-7-5-6-8-13(11)16;/h3,5-8,12,14H,1,4,9-10H2,2H3,(H2,17,18,19);1H. The molecule has 0 aromatic heterocycles. The molecule has 0 spiro atoms.